The van der Waals surface area contributed by atoms with Gasteiger partial charge in [0.15, 0.2) is 0 Å². The van der Waals surface area contributed by atoms with Crippen LogP contribution in [0.5, 0.6) is 0 Å². The topological polar surface area (TPSA) is 46.2 Å². The molecule has 5 heteroatoms. The highest BCUT2D eigenvalue weighted by atomic mass is 32.1. The standard InChI is InChI=1S/C16H14FNO2S/c1-9-5-6-13(21-9)12-8-14(19)18-16(20)15(12)10-3-2-4-11(17)7-10/h2-7,12,15H,8H2,1H3,(H,18,19,20). The lowest BCUT2D eigenvalue weighted by Gasteiger charge is -2.29. The number of hydrogen-bond donors (Lipinski definition) is 1. The second kappa shape index (κ2) is 5.41. The van der Waals surface area contributed by atoms with Gasteiger partial charge < -0.3 is 0 Å². The highest BCUT2D eigenvalue weighted by Gasteiger charge is 2.38. The smallest absolute Gasteiger partial charge is 0.234 e. The van der Waals surface area contributed by atoms with Crippen molar-refractivity contribution >= 4 is 23.2 Å². The van der Waals surface area contributed by atoms with Gasteiger partial charge in [0.25, 0.3) is 0 Å². The number of aryl methyl sites for hydroxylation is 1. The Balaban J connectivity index is 2.04. The minimum atomic E-state index is -0.531. The Morgan fingerprint density at radius 1 is 1.24 bits per heavy atom. The Bertz CT molecular complexity index is 710. The zero-order valence-corrected chi connectivity index (χ0v) is 12.2. The van der Waals surface area contributed by atoms with Crippen molar-refractivity contribution in [3.05, 3.63) is 57.5 Å². The van der Waals surface area contributed by atoms with Crippen LogP contribution in [0.1, 0.15) is 33.6 Å². The van der Waals surface area contributed by atoms with E-state index >= 15 is 0 Å². The molecule has 2 atom stereocenters. The maximum absolute atomic E-state index is 13.5. The van der Waals surface area contributed by atoms with E-state index in [1.54, 1.807) is 23.5 Å². The van der Waals surface area contributed by atoms with E-state index in [4.69, 9.17) is 0 Å². The van der Waals surface area contributed by atoms with Crippen molar-refractivity contribution in [3.8, 4) is 0 Å². The number of rotatable bonds is 2. The number of halogens is 1. The lowest BCUT2D eigenvalue weighted by atomic mass is 9.79. The van der Waals surface area contributed by atoms with Crippen molar-refractivity contribution in [2.24, 2.45) is 0 Å². The van der Waals surface area contributed by atoms with Crippen molar-refractivity contribution in [2.45, 2.75) is 25.2 Å². The maximum atomic E-state index is 13.5. The molecule has 1 aliphatic heterocycles. The number of amides is 2. The molecule has 0 radical (unpaired) electrons. The third-order valence-corrected chi connectivity index (χ3v) is 4.82. The van der Waals surface area contributed by atoms with Crippen LogP contribution in [0, 0.1) is 12.7 Å². The highest BCUT2D eigenvalue weighted by Crippen LogP contribution is 2.41. The quantitative estimate of drug-likeness (QED) is 0.867. The third-order valence-electron chi connectivity index (χ3n) is 3.69. The van der Waals surface area contributed by atoms with Crippen LogP contribution in [0.15, 0.2) is 36.4 Å². The first-order chi connectivity index (χ1) is 10.0. The first-order valence-electron chi connectivity index (χ1n) is 6.70. The van der Waals surface area contributed by atoms with Crippen LogP contribution in [0.25, 0.3) is 0 Å². The van der Waals surface area contributed by atoms with Crippen LogP contribution in [-0.2, 0) is 9.59 Å². The fraction of sp³-hybridized carbons (Fsp3) is 0.250. The van der Waals surface area contributed by atoms with Crippen LogP contribution in [0.2, 0.25) is 0 Å². The number of nitrogens with one attached hydrogen (secondary N) is 1. The van der Waals surface area contributed by atoms with E-state index in [-0.39, 0.29) is 30.0 Å². The summed E-state index contributed by atoms with van der Waals surface area (Å²) in [5, 5.41) is 2.36. The van der Waals surface area contributed by atoms with Crippen LogP contribution < -0.4 is 5.32 Å². The van der Waals surface area contributed by atoms with Gasteiger partial charge in [0.05, 0.1) is 5.92 Å². The number of benzene rings is 1. The number of hydrogen-bond acceptors (Lipinski definition) is 3. The fourth-order valence-corrected chi connectivity index (χ4v) is 3.78. The molecule has 1 aromatic heterocycles. The van der Waals surface area contributed by atoms with E-state index in [9.17, 15) is 14.0 Å². The molecule has 0 saturated carbocycles. The summed E-state index contributed by atoms with van der Waals surface area (Å²) in [5.41, 5.74) is 0.607. The molecule has 0 aliphatic carbocycles. The first kappa shape index (κ1) is 13.9. The summed E-state index contributed by atoms with van der Waals surface area (Å²) in [6.45, 7) is 1.98. The number of carbonyl (C=O) groups is 2. The molecule has 0 spiro atoms. The Morgan fingerprint density at radius 2 is 2.05 bits per heavy atom. The van der Waals surface area contributed by atoms with E-state index in [1.807, 2.05) is 19.1 Å². The number of thiophene rings is 1. The molecular formula is C16H14FNO2S. The molecule has 1 fully saturated rings. The molecule has 21 heavy (non-hydrogen) atoms. The van der Waals surface area contributed by atoms with Gasteiger partial charge in [-0.05, 0) is 36.8 Å². The van der Waals surface area contributed by atoms with E-state index in [0.717, 1.165) is 9.75 Å². The molecule has 1 saturated heterocycles. The van der Waals surface area contributed by atoms with Gasteiger partial charge in [-0.3, -0.25) is 14.9 Å². The van der Waals surface area contributed by atoms with Crippen molar-refractivity contribution in [1.82, 2.24) is 5.32 Å². The summed E-state index contributed by atoms with van der Waals surface area (Å²) in [5.74, 6) is -1.77. The molecule has 1 N–H and O–H groups in total. The zero-order valence-electron chi connectivity index (χ0n) is 11.4. The monoisotopic (exact) mass is 303 g/mol. The molecular weight excluding hydrogens is 289 g/mol. The minimum Gasteiger partial charge on any atom is -0.296 e. The Hall–Kier alpha value is -2.01. The van der Waals surface area contributed by atoms with Crippen molar-refractivity contribution in [3.63, 3.8) is 0 Å². The molecule has 0 bridgehead atoms. The number of carbonyl (C=O) groups excluding carboxylic acids is 2. The van der Waals surface area contributed by atoms with Gasteiger partial charge in [-0.1, -0.05) is 12.1 Å². The van der Waals surface area contributed by atoms with Crippen LogP contribution in [0.4, 0.5) is 4.39 Å². The predicted molar refractivity (Wildman–Crippen MR) is 78.7 cm³/mol. The van der Waals surface area contributed by atoms with Gasteiger partial charge in [0, 0.05) is 22.1 Å². The molecule has 2 heterocycles. The van der Waals surface area contributed by atoms with E-state index in [1.165, 1.54) is 12.1 Å². The van der Waals surface area contributed by atoms with Gasteiger partial charge in [0.2, 0.25) is 11.8 Å². The van der Waals surface area contributed by atoms with Crippen molar-refractivity contribution in [1.29, 1.82) is 0 Å². The summed E-state index contributed by atoms with van der Waals surface area (Å²) >= 11 is 1.57. The van der Waals surface area contributed by atoms with E-state index in [2.05, 4.69) is 5.32 Å². The molecule has 1 aliphatic rings. The Kier molecular flexibility index (Phi) is 3.59. The zero-order chi connectivity index (χ0) is 15.0. The summed E-state index contributed by atoms with van der Waals surface area (Å²) in [7, 11) is 0. The number of piperidine rings is 1. The molecule has 108 valence electrons. The van der Waals surface area contributed by atoms with Crippen molar-refractivity contribution in [2.75, 3.05) is 0 Å². The van der Waals surface area contributed by atoms with Gasteiger partial charge in [0.1, 0.15) is 5.82 Å². The Labute approximate surface area is 125 Å². The average molecular weight is 303 g/mol. The van der Waals surface area contributed by atoms with Crippen LogP contribution >= 0.6 is 11.3 Å². The molecule has 2 unspecified atom stereocenters. The maximum Gasteiger partial charge on any atom is 0.234 e. The van der Waals surface area contributed by atoms with E-state index in [0.29, 0.717) is 5.56 Å². The molecule has 2 amide bonds. The van der Waals surface area contributed by atoms with Gasteiger partial charge in [-0.15, -0.1) is 11.3 Å². The lowest BCUT2D eigenvalue weighted by Crippen LogP contribution is -2.43. The molecule has 3 nitrogen and oxygen atoms in total. The summed E-state index contributed by atoms with van der Waals surface area (Å²) in [6, 6.07) is 9.96. The highest BCUT2D eigenvalue weighted by molar-refractivity contribution is 7.12. The fourth-order valence-electron chi connectivity index (χ4n) is 2.77. The first-order valence-corrected chi connectivity index (χ1v) is 7.52. The van der Waals surface area contributed by atoms with Gasteiger partial charge in [-0.25, -0.2) is 4.39 Å². The predicted octanol–water partition coefficient (Wildman–Crippen LogP) is 3.11. The third kappa shape index (κ3) is 2.74. The van der Waals surface area contributed by atoms with Gasteiger partial charge in [-0.2, -0.15) is 0 Å². The molecule has 3 rings (SSSR count). The van der Waals surface area contributed by atoms with Crippen LogP contribution in [0.3, 0.4) is 0 Å². The second-order valence-corrected chi connectivity index (χ2v) is 6.52. The molecule has 1 aromatic carbocycles. The minimum absolute atomic E-state index is 0.230. The summed E-state index contributed by atoms with van der Waals surface area (Å²) in [6.07, 6.45) is 0.243. The summed E-state index contributed by atoms with van der Waals surface area (Å²) in [4.78, 5) is 26.1. The van der Waals surface area contributed by atoms with Gasteiger partial charge >= 0.3 is 0 Å². The Morgan fingerprint density at radius 3 is 2.71 bits per heavy atom. The second-order valence-electron chi connectivity index (χ2n) is 5.20. The average Bonchev–Trinajstić information content (AvgIpc) is 2.84. The van der Waals surface area contributed by atoms with Crippen LogP contribution in [-0.4, -0.2) is 11.8 Å². The summed E-state index contributed by atoms with van der Waals surface area (Å²) < 4.78 is 13.5. The molecule has 2 aromatic rings. The SMILES string of the molecule is Cc1ccc(C2CC(=O)NC(=O)C2c2cccc(F)c2)s1. The van der Waals surface area contributed by atoms with Crippen molar-refractivity contribution < 1.29 is 14.0 Å². The number of imide groups is 1. The normalized spacial score (nSPS) is 22.2. The largest absolute Gasteiger partial charge is 0.296 e. The van der Waals surface area contributed by atoms with E-state index < -0.39 is 5.92 Å². The lowest BCUT2D eigenvalue weighted by molar-refractivity contribution is -0.135.